The third kappa shape index (κ3) is 4.14. The maximum Gasteiger partial charge on any atom is 0.336 e. The molecule has 1 N–H and O–H groups in total. The van der Waals surface area contributed by atoms with E-state index in [1.54, 1.807) is 12.1 Å². The third-order valence-corrected chi connectivity index (χ3v) is 4.66. The SMILES string of the molecule is CCc1cc(=O)oc2cc(OCC(=O)Nc3c(C)cccc3C)c(Cl)cc12. The summed E-state index contributed by atoms with van der Waals surface area (Å²) in [4.78, 5) is 24.0. The lowest BCUT2D eigenvalue weighted by atomic mass is 10.1. The number of para-hydroxylation sites is 1. The smallest absolute Gasteiger partial charge is 0.336 e. The molecule has 3 rings (SSSR count). The van der Waals surface area contributed by atoms with Gasteiger partial charge in [0.1, 0.15) is 11.3 Å². The fourth-order valence-electron chi connectivity index (χ4n) is 2.96. The molecule has 5 nitrogen and oxygen atoms in total. The lowest BCUT2D eigenvalue weighted by Gasteiger charge is -2.13. The van der Waals surface area contributed by atoms with Gasteiger partial charge in [0, 0.05) is 23.2 Å². The van der Waals surface area contributed by atoms with Crippen LogP contribution in [0.25, 0.3) is 11.0 Å². The van der Waals surface area contributed by atoms with Crippen LogP contribution in [0.3, 0.4) is 0 Å². The molecule has 0 bridgehead atoms. The summed E-state index contributed by atoms with van der Waals surface area (Å²) >= 11 is 6.29. The number of aryl methyl sites for hydroxylation is 3. The molecule has 0 spiro atoms. The van der Waals surface area contributed by atoms with Gasteiger partial charge in [-0.05, 0) is 43.0 Å². The monoisotopic (exact) mass is 385 g/mol. The number of anilines is 1. The van der Waals surface area contributed by atoms with Crippen molar-refractivity contribution in [2.45, 2.75) is 27.2 Å². The van der Waals surface area contributed by atoms with Gasteiger partial charge in [-0.3, -0.25) is 4.79 Å². The molecule has 140 valence electrons. The molecule has 0 aliphatic heterocycles. The lowest BCUT2D eigenvalue weighted by Crippen LogP contribution is -2.21. The van der Waals surface area contributed by atoms with E-state index >= 15 is 0 Å². The fraction of sp³-hybridized carbons (Fsp3) is 0.238. The number of fused-ring (bicyclic) bond motifs is 1. The van der Waals surface area contributed by atoms with Crippen molar-refractivity contribution < 1.29 is 13.9 Å². The zero-order valence-corrected chi connectivity index (χ0v) is 16.1. The standard InChI is InChI=1S/C21H20ClNO4/c1-4-14-8-20(25)27-17-10-18(16(22)9-15(14)17)26-11-19(24)23-21-12(2)6-5-7-13(21)3/h5-10H,4,11H2,1-3H3,(H,23,24). The Kier molecular flexibility index (Phi) is 5.51. The third-order valence-electron chi connectivity index (χ3n) is 4.37. The summed E-state index contributed by atoms with van der Waals surface area (Å²) in [5.41, 5.74) is 3.52. The van der Waals surface area contributed by atoms with E-state index in [0.29, 0.717) is 17.0 Å². The Morgan fingerprint density at radius 1 is 1.19 bits per heavy atom. The predicted molar refractivity (Wildman–Crippen MR) is 107 cm³/mol. The van der Waals surface area contributed by atoms with E-state index < -0.39 is 5.63 Å². The molecular weight excluding hydrogens is 366 g/mol. The highest BCUT2D eigenvalue weighted by Gasteiger charge is 2.13. The van der Waals surface area contributed by atoms with E-state index in [1.165, 1.54) is 6.07 Å². The Bertz CT molecular complexity index is 1050. The van der Waals surface area contributed by atoms with Gasteiger partial charge in [-0.1, -0.05) is 36.7 Å². The highest BCUT2D eigenvalue weighted by atomic mass is 35.5. The maximum absolute atomic E-state index is 12.3. The highest BCUT2D eigenvalue weighted by molar-refractivity contribution is 6.32. The summed E-state index contributed by atoms with van der Waals surface area (Å²) in [5.74, 6) is -0.00968. The normalized spacial score (nSPS) is 10.8. The van der Waals surface area contributed by atoms with Crippen LogP contribution in [0.4, 0.5) is 5.69 Å². The van der Waals surface area contributed by atoms with E-state index in [4.69, 9.17) is 20.8 Å². The minimum atomic E-state index is -0.430. The average Bonchev–Trinajstić information content (AvgIpc) is 2.63. The number of benzene rings is 2. The van der Waals surface area contributed by atoms with Crippen molar-refractivity contribution in [2.75, 3.05) is 11.9 Å². The number of carbonyl (C=O) groups is 1. The molecule has 0 saturated heterocycles. The van der Waals surface area contributed by atoms with Crippen molar-refractivity contribution in [3.63, 3.8) is 0 Å². The van der Waals surface area contributed by atoms with Crippen LogP contribution in [-0.2, 0) is 11.2 Å². The van der Waals surface area contributed by atoms with Crippen molar-refractivity contribution in [3.8, 4) is 5.75 Å². The van der Waals surface area contributed by atoms with Gasteiger partial charge >= 0.3 is 5.63 Å². The number of hydrogen-bond acceptors (Lipinski definition) is 4. The van der Waals surface area contributed by atoms with Gasteiger partial charge in [0.25, 0.3) is 5.91 Å². The lowest BCUT2D eigenvalue weighted by molar-refractivity contribution is -0.118. The van der Waals surface area contributed by atoms with Crippen LogP contribution in [0.1, 0.15) is 23.6 Å². The first-order chi connectivity index (χ1) is 12.9. The second kappa shape index (κ2) is 7.84. The van der Waals surface area contributed by atoms with Crippen LogP contribution in [0.5, 0.6) is 5.75 Å². The number of rotatable bonds is 5. The first-order valence-electron chi connectivity index (χ1n) is 8.64. The zero-order valence-electron chi connectivity index (χ0n) is 15.4. The minimum absolute atomic E-state index is 0.212. The van der Waals surface area contributed by atoms with E-state index in [1.807, 2.05) is 39.0 Å². The van der Waals surface area contributed by atoms with E-state index in [-0.39, 0.29) is 18.3 Å². The average molecular weight is 386 g/mol. The molecule has 3 aromatic rings. The van der Waals surface area contributed by atoms with Gasteiger partial charge in [0.05, 0.1) is 5.02 Å². The first kappa shape index (κ1) is 19.0. The summed E-state index contributed by atoms with van der Waals surface area (Å²) in [5, 5.41) is 3.96. The molecule has 0 atom stereocenters. The Morgan fingerprint density at radius 2 is 1.89 bits per heavy atom. The van der Waals surface area contributed by atoms with Crippen LogP contribution in [0.15, 0.2) is 45.6 Å². The van der Waals surface area contributed by atoms with Crippen molar-refractivity contribution >= 4 is 34.2 Å². The van der Waals surface area contributed by atoms with Gasteiger partial charge < -0.3 is 14.5 Å². The number of amides is 1. The van der Waals surface area contributed by atoms with E-state index in [0.717, 1.165) is 27.8 Å². The molecule has 0 aliphatic carbocycles. The summed E-state index contributed by atoms with van der Waals surface area (Å²) in [6.07, 6.45) is 0.677. The van der Waals surface area contributed by atoms with Crippen molar-refractivity contribution in [2.24, 2.45) is 0 Å². The van der Waals surface area contributed by atoms with E-state index in [9.17, 15) is 9.59 Å². The number of ether oxygens (including phenoxy) is 1. The number of nitrogens with one attached hydrogen (secondary N) is 1. The topological polar surface area (TPSA) is 68.5 Å². The van der Waals surface area contributed by atoms with Crippen LogP contribution in [-0.4, -0.2) is 12.5 Å². The summed E-state index contributed by atoms with van der Waals surface area (Å²) in [6.45, 7) is 5.59. The van der Waals surface area contributed by atoms with Crippen LogP contribution in [0, 0.1) is 13.8 Å². The summed E-state index contributed by atoms with van der Waals surface area (Å²) in [7, 11) is 0. The van der Waals surface area contributed by atoms with Gasteiger partial charge in [-0.25, -0.2) is 4.79 Å². The van der Waals surface area contributed by atoms with Gasteiger partial charge in [0.2, 0.25) is 0 Å². The Balaban J connectivity index is 1.79. The molecule has 1 heterocycles. The van der Waals surface area contributed by atoms with Gasteiger partial charge in [-0.15, -0.1) is 0 Å². The Hall–Kier alpha value is -2.79. The van der Waals surface area contributed by atoms with Gasteiger partial charge in [-0.2, -0.15) is 0 Å². The van der Waals surface area contributed by atoms with Crippen molar-refractivity contribution in [1.82, 2.24) is 0 Å². The molecule has 0 aliphatic rings. The molecule has 0 saturated carbocycles. The molecule has 27 heavy (non-hydrogen) atoms. The second-order valence-electron chi connectivity index (χ2n) is 6.33. The van der Waals surface area contributed by atoms with Crippen molar-refractivity contribution in [3.05, 3.63) is 68.5 Å². The summed E-state index contributed by atoms with van der Waals surface area (Å²) in [6, 6.07) is 10.5. The maximum atomic E-state index is 12.3. The quantitative estimate of drug-likeness (QED) is 0.649. The Morgan fingerprint density at radius 3 is 2.56 bits per heavy atom. The Labute approximate surface area is 161 Å². The molecule has 0 fully saturated rings. The van der Waals surface area contributed by atoms with Gasteiger partial charge in [0.15, 0.2) is 6.61 Å². The number of hydrogen-bond donors (Lipinski definition) is 1. The van der Waals surface area contributed by atoms with E-state index in [2.05, 4.69) is 5.32 Å². The number of carbonyl (C=O) groups excluding carboxylic acids is 1. The fourth-order valence-corrected chi connectivity index (χ4v) is 3.18. The molecule has 2 aromatic carbocycles. The van der Waals surface area contributed by atoms with Crippen LogP contribution in [0.2, 0.25) is 5.02 Å². The second-order valence-corrected chi connectivity index (χ2v) is 6.73. The zero-order chi connectivity index (χ0) is 19.6. The minimum Gasteiger partial charge on any atom is -0.482 e. The number of halogens is 1. The van der Waals surface area contributed by atoms with Crippen molar-refractivity contribution in [1.29, 1.82) is 0 Å². The van der Waals surface area contributed by atoms with Crippen LogP contribution >= 0.6 is 11.6 Å². The molecule has 1 aromatic heterocycles. The largest absolute Gasteiger partial charge is 0.482 e. The molecule has 6 heteroatoms. The molecule has 0 radical (unpaired) electrons. The summed E-state index contributed by atoms with van der Waals surface area (Å²) < 4.78 is 10.8. The highest BCUT2D eigenvalue weighted by Crippen LogP contribution is 2.31. The predicted octanol–water partition coefficient (Wildman–Crippen LogP) is 4.64. The molecule has 1 amide bonds. The molecular formula is C21H20ClNO4. The first-order valence-corrected chi connectivity index (χ1v) is 9.02. The van der Waals surface area contributed by atoms with Crippen LogP contribution < -0.4 is 15.7 Å². The molecule has 0 unspecified atom stereocenters.